The molecule has 0 saturated heterocycles. The van der Waals surface area contributed by atoms with Gasteiger partial charge in [-0.1, -0.05) is 48.5 Å². The number of sulfonamides is 1. The van der Waals surface area contributed by atoms with Gasteiger partial charge in [0, 0.05) is 39.0 Å². The van der Waals surface area contributed by atoms with E-state index in [2.05, 4.69) is 10.3 Å². The first-order valence-electron chi connectivity index (χ1n) is 11.3. The Hall–Kier alpha value is -3.63. The van der Waals surface area contributed by atoms with E-state index in [9.17, 15) is 22.4 Å². The number of nitrogens with one attached hydrogen (secondary N) is 1. The van der Waals surface area contributed by atoms with Crippen LogP contribution in [0.4, 0.5) is 4.39 Å². The molecule has 0 radical (unpaired) electrons. The molecule has 3 aromatic rings. The third-order valence-electron chi connectivity index (χ3n) is 5.65. The molecule has 10 heteroatoms. The number of amides is 2. The summed E-state index contributed by atoms with van der Waals surface area (Å²) < 4.78 is 38.4. The number of benzene rings is 2. The summed E-state index contributed by atoms with van der Waals surface area (Å²) in [5, 5.41) is 2.87. The van der Waals surface area contributed by atoms with Crippen molar-refractivity contribution in [2.45, 2.75) is 25.6 Å². The fraction of sp³-hybridized carbons (Fsp3) is 0.269. The lowest BCUT2D eigenvalue weighted by molar-refractivity contribution is -0.141. The van der Waals surface area contributed by atoms with E-state index < -0.39 is 40.2 Å². The number of rotatable bonds is 11. The van der Waals surface area contributed by atoms with Crippen molar-refractivity contribution >= 4 is 21.8 Å². The van der Waals surface area contributed by atoms with Crippen molar-refractivity contribution < 1.29 is 22.4 Å². The van der Waals surface area contributed by atoms with Gasteiger partial charge in [0.05, 0.1) is 12.8 Å². The highest BCUT2D eigenvalue weighted by molar-refractivity contribution is 7.88. The predicted molar refractivity (Wildman–Crippen MR) is 134 cm³/mol. The molecule has 0 fully saturated rings. The minimum Gasteiger partial charge on any atom is -0.350 e. The molecule has 0 saturated carbocycles. The van der Waals surface area contributed by atoms with Crippen molar-refractivity contribution in [3.63, 3.8) is 0 Å². The van der Waals surface area contributed by atoms with Gasteiger partial charge in [0.1, 0.15) is 11.9 Å². The van der Waals surface area contributed by atoms with E-state index in [0.29, 0.717) is 5.56 Å². The largest absolute Gasteiger partial charge is 0.350 e. The van der Waals surface area contributed by atoms with Gasteiger partial charge in [-0.15, -0.1) is 0 Å². The molecule has 0 aliphatic carbocycles. The van der Waals surface area contributed by atoms with Crippen LogP contribution in [0.1, 0.15) is 16.7 Å². The van der Waals surface area contributed by atoms with Crippen molar-refractivity contribution in [3.05, 3.63) is 102 Å². The number of carbonyl (C=O) groups excluding carboxylic acids is 2. The Kier molecular flexibility index (Phi) is 9.26. The Balaban J connectivity index is 1.94. The van der Waals surface area contributed by atoms with Gasteiger partial charge in [0.2, 0.25) is 21.8 Å². The molecule has 1 N–H and O–H groups in total. The summed E-state index contributed by atoms with van der Waals surface area (Å²) in [6.07, 6.45) is 4.47. The summed E-state index contributed by atoms with van der Waals surface area (Å²) in [6, 6.07) is 17.5. The Labute approximate surface area is 210 Å². The van der Waals surface area contributed by atoms with Crippen LogP contribution in [0, 0.1) is 5.82 Å². The average molecular weight is 513 g/mol. The molecule has 3 rings (SSSR count). The van der Waals surface area contributed by atoms with E-state index >= 15 is 0 Å². The fourth-order valence-electron chi connectivity index (χ4n) is 3.55. The van der Waals surface area contributed by atoms with Gasteiger partial charge in [-0.3, -0.25) is 14.6 Å². The normalized spacial score (nSPS) is 12.2. The first kappa shape index (κ1) is 27.0. The molecule has 36 heavy (non-hydrogen) atoms. The SMILES string of the molecule is CN(CC(=O)N(Cc1ccc(F)cc1)[C@H](Cc1ccccc1)C(=O)NCc1cccnc1)S(C)(=O)=O. The molecule has 2 amide bonds. The van der Waals surface area contributed by atoms with Crippen LogP contribution in [-0.4, -0.2) is 60.3 Å². The first-order chi connectivity index (χ1) is 17.1. The molecule has 0 aliphatic rings. The van der Waals surface area contributed by atoms with Gasteiger partial charge in [-0.05, 0) is 34.9 Å². The van der Waals surface area contributed by atoms with Crippen molar-refractivity contribution in [3.8, 4) is 0 Å². The van der Waals surface area contributed by atoms with Gasteiger partial charge in [0.25, 0.3) is 0 Å². The molecular formula is C26H29FN4O4S. The van der Waals surface area contributed by atoms with E-state index in [-0.39, 0.29) is 19.5 Å². The van der Waals surface area contributed by atoms with Crippen LogP contribution in [-0.2, 0) is 39.1 Å². The smallest absolute Gasteiger partial charge is 0.243 e. The minimum absolute atomic E-state index is 0.00543. The molecule has 0 spiro atoms. The number of pyridine rings is 1. The van der Waals surface area contributed by atoms with Gasteiger partial charge in [0.15, 0.2) is 0 Å². The van der Waals surface area contributed by atoms with E-state index in [1.54, 1.807) is 18.5 Å². The highest BCUT2D eigenvalue weighted by Crippen LogP contribution is 2.16. The second kappa shape index (κ2) is 12.4. The number of nitrogens with zero attached hydrogens (tertiary/aromatic N) is 3. The summed E-state index contributed by atoms with van der Waals surface area (Å²) in [4.78, 5) is 32.3. The molecule has 1 aromatic heterocycles. The summed E-state index contributed by atoms with van der Waals surface area (Å²) in [7, 11) is -2.33. The molecule has 2 aromatic carbocycles. The van der Waals surface area contributed by atoms with Crippen molar-refractivity contribution in [2.24, 2.45) is 0 Å². The van der Waals surface area contributed by atoms with Crippen molar-refractivity contribution in [1.82, 2.24) is 19.5 Å². The molecule has 1 atom stereocenters. The molecule has 0 unspecified atom stereocenters. The van der Waals surface area contributed by atoms with E-state index in [4.69, 9.17) is 0 Å². The summed E-state index contributed by atoms with van der Waals surface area (Å²) in [5.74, 6) is -1.38. The monoisotopic (exact) mass is 512 g/mol. The second-order valence-electron chi connectivity index (χ2n) is 8.45. The molecule has 0 bridgehead atoms. The van der Waals surface area contributed by atoms with Crippen LogP contribution >= 0.6 is 0 Å². The average Bonchev–Trinajstić information content (AvgIpc) is 2.86. The van der Waals surface area contributed by atoms with Gasteiger partial charge < -0.3 is 10.2 Å². The Morgan fingerprint density at radius 3 is 2.25 bits per heavy atom. The third-order valence-corrected chi connectivity index (χ3v) is 6.91. The number of hydrogen-bond acceptors (Lipinski definition) is 5. The lowest BCUT2D eigenvalue weighted by atomic mass is 10.0. The van der Waals surface area contributed by atoms with Crippen LogP contribution in [0.2, 0.25) is 0 Å². The number of carbonyl (C=O) groups is 2. The van der Waals surface area contributed by atoms with Gasteiger partial charge in [-0.25, -0.2) is 12.8 Å². The number of likely N-dealkylation sites (N-methyl/N-ethyl adjacent to an activating group) is 1. The topological polar surface area (TPSA) is 99.7 Å². The Bertz CT molecular complexity index is 1260. The molecule has 0 aliphatic heterocycles. The number of aromatic nitrogens is 1. The number of hydrogen-bond donors (Lipinski definition) is 1. The quantitative estimate of drug-likeness (QED) is 0.425. The molecular weight excluding hydrogens is 483 g/mol. The molecule has 8 nitrogen and oxygen atoms in total. The third kappa shape index (κ3) is 7.96. The summed E-state index contributed by atoms with van der Waals surface area (Å²) >= 11 is 0. The molecule has 190 valence electrons. The first-order valence-corrected chi connectivity index (χ1v) is 13.1. The maximum Gasteiger partial charge on any atom is 0.243 e. The van der Waals surface area contributed by atoms with Crippen molar-refractivity contribution in [2.75, 3.05) is 19.8 Å². The predicted octanol–water partition coefficient (Wildman–Crippen LogP) is 2.37. The number of halogens is 1. The van der Waals surface area contributed by atoms with Crippen LogP contribution in [0.5, 0.6) is 0 Å². The maximum absolute atomic E-state index is 13.5. The van der Waals surface area contributed by atoms with Gasteiger partial charge in [-0.2, -0.15) is 4.31 Å². The van der Waals surface area contributed by atoms with Crippen LogP contribution in [0.15, 0.2) is 79.1 Å². The van der Waals surface area contributed by atoms with E-state index in [1.165, 1.54) is 36.2 Å². The zero-order valence-corrected chi connectivity index (χ0v) is 21.0. The summed E-state index contributed by atoms with van der Waals surface area (Å²) in [5.41, 5.74) is 2.22. The zero-order chi connectivity index (χ0) is 26.1. The Morgan fingerprint density at radius 1 is 0.972 bits per heavy atom. The van der Waals surface area contributed by atoms with Crippen LogP contribution in [0.3, 0.4) is 0 Å². The lowest BCUT2D eigenvalue weighted by Crippen LogP contribution is -2.52. The van der Waals surface area contributed by atoms with E-state index in [0.717, 1.165) is 21.7 Å². The fourth-order valence-corrected chi connectivity index (χ4v) is 3.89. The lowest BCUT2D eigenvalue weighted by Gasteiger charge is -2.32. The summed E-state index contributed by atoms with van der Waals surface area (Å²) in [6.45, 7) is -0.241. The Morgan fingerprint density at radius 2 is 1.64 bits per heavy atom. The highest BCUT2D eigenvalue weighted by atomic mass is 32.2. The van der Waals surface area contributed by atoms with E-state index in [1.807, 2.05) is 36.4 Å². The second-order valence-corrected chi connectivity index (χ2v) is 10.5. The molecule has 1 heterocycles. The van der Waals surface area contributed by atoms with Crippen LogP contribution in [0.25, 0.3) is 0 Å². The maximum atomic E-state index is 13.5. The minimum atomic E-state index is -3.63. The standard InChI is InChI=1S/C26H29FN4O4S/c1-30(36(2,34)35)19-25(32)31(18-21-10-12-23(27)13-11-21)24(15-20-7-4-3-5-8-20)26(33)29-17-22-9-6-14-28-16-22/h3-14,16,24H,15,17-19H2,1-2H3,(H,29,33)/t24-/m1/s1. The van der Waals surface area contributed by atoms with Crippen molar-refractivity contribution in [1.29, 1.82) is 0 Å². The van der Waals surface area contributed by atoms with Crippen LogP contribution < -0.4 is 5.32 Å². The van der Waals surface area contributed by atoms with Gasteiger partial charge >= 0.3 is 0 Å². The zero-order valence-electron chi connectivity index (χ0n) is 20.2. The highest BCUT2D eigenvalue weighted by Gasteiger charge is 2.31.